The predicted molar refractivity (Wildman–Crippen MR) is 77.1 cm³/mol. The highest BCUT2D eigenvalue weighted by Crippen LogP contribution is 2.39. The smallest absolute Gasteiger partial charge is 0.118 e. The molecule has 0 spiro atoms. The second-order valence-corrected chi connectivity index (χ2v) is 6.64. The van der Waals surface area contributed by atoms with Crippen LogP contribution in [0.3, 0.4) is 0 Å². The van der Waals surface area contributed by atoms with Crippen LogP contribution in [0.15, 0.2) is 18.2 Å². The Morgan fingerprint density at radius 3 is 2.67 bits per heavy atom. The first-order chi connectivity index (χ1) is 8.37. The van der Waals surface area contributed by atoms with Gasteiger partial charge in [0, 0.05) is 11.7 Å². The van der Waals surface area contributed by atoms with E-state index < -0.39 is 0 Å². The lowest BCUT2D eigenvalue weighted by Gasteiger charge is -2.40. The van der Waals surface area contributed by atoms with Gasteiger partial charge in [0.05, 0.1) is 0 Å². The maximum absolute atomic E-state index is 9.54. The third-order valence-electron chi connectivity index (χ3n) is 4.24. The van der Waals surface area contributed by atoms with Gasteiger partial charge in [0.15, 0.2) is 0 Å². The van der Waals surface area contributed by atoms with Crippen molar-refractivity contribution in [2.75, 3.05) is 5.32 Å². The number of phenols is 1. The molecule has 18 heavy (non-hydrogen) atoms. The quantitative estimate of drug-likeness (QED) is 0.762. The second-order valence-electron chi connectivity index (χ2n) is 6.64. The van der Waals surface area contributed by atoms with Crippen LogP contribution in [0.2, 0.25) is 0 Å². The number of phenolic OH excluding ortho intramolecular Hbond substituents is 1. The number of hydrogen-bond acceptors (Lipinski definition) is 2. The lowest BCUT2D eigenvalue weighted by Crippen LogP contribution is -2.36. The molecule has 2 rings (SSSR count). The molecule has 0 amide bonds. The molecule has 2 N–H and O–H groups in total. The molecule has 2 nitrogen and oxygen atoms in total. The standard InChI is InChI=1S/C16H25NO/c1-11-9-13(5-6-15(11)18)17-14-7-8-16(3,4)10-12(14)2/h5-6,9,12,14,17-18H,7-8,10H2,1-4H3. The fraction of sp³-hybridized carbons (Fsp3) is 0.625. The van der Waals surface area contributed by atoms with E-state index in [0.717, 1.165) is 11.3 Å². The number of nitrogens with one attached hydrogen (secondary N) is 1. The summed E-state index contributed by atoms with van der Waals surface area (Å²) in [6, 6.07) is 6.33. The van der Waals surface area contributed by atoms with E-state index in [2.05, 4.69) is 26.1 Å². The van der Waals surface area contributed by atoms with E-state index in [-0.39, 0.29) is 0 Å². The van der Waals surface area contributed by atoms with Gasteiger partial charge in [0.1, 0.15) is 5.75 Å². The summed E-state index contributed by atoms with van der Waals surface area (Å²) < 4.78 is 0. The number of hydrogen-bond donors (Lipinski definition) is 2. The molecule has 1 aliphatic rings. The van der Waals surface area contributed by atoms with E-state index in [1.54, 1.807) is 6.07 Å². The molecular formula is C16H25NO. The third-order valence-corrected chi connectivity index (χ3v) is 4.24. The van der Waals surface area contributed by atoms with Crippen molar-refractivity contribution >= 4 is 5.69 Å². The summed E-state index contributed by atoms with van der Waals surface area (Å²) in [4.78, 5) is 0. The monoisotopic (exact) mass is 247 g/mol. The fourth-order valence-corrected chi connectivity index (χ4v) is 3.12. The van der Waals surface area contributed by atoms with Gasteiger partial charge >= 0.3 is 0 Å². The highest BCUT2D eigenvalue weighted by atomic mass is 16.3. The molecule has 1 aromatic carbocycles. The molecule has 0 aromatic heterocycles. The van der Waals surface area contributed by atoms with Crippen LogP contribution < -0.4 is 5.32 Å². The predicted octanol–water partition coefficient (Wildman–Crippen LogP) is 4.33. The summed E-state index contributed by atoms with van der Waals surface area (Å²) >= 11 is 0. The van der Waals surface area contributed by atoms with Gasteiger partial charge < -0.3 is 10.4 Å². The van der Waals surface area contributed by atoms with Gasteiger partial charge in [0.2, 0.25) is 0 Å². The lowest BCUT2D eigenvalue weighted by molar-refractivity contribution is 0.177. The van der Waals surface area contributed by atoms with Gasteiger partial charge in [-0.1, -0.05) is 20.8 Å². The van der Waals surface area contributed by atoms with Gasteiger partial charge in [-0.15, -0.1) is 0 Å². The number of aromatic hydroxyl groups is 1. The van der Waals surface area contributed by atoms with Crippen LogP contribution in [0, 0.1) is 18.3 Å². The summed E-state index contributed by atoms with van der Waals surface area (Å²) in [6.07, 6.45) is 3.79. The molecular weight excluding hydrogens is 222 g/mol. The van der Waals surface area contributed by atoms with E-state index in [4.69, 9.17) is 0 Å². The van der Waals surface area contributed by atoms with Crippen molar-refractivity contribution < 1.29 is 5.11 Å². The SMILES string of the molecule is Cc1cc(NC2CCC(C)(C)CC2C)ccc1O. The zero-order valence-corrected chi connectivity index (χ0v) is 12.0. The van der Waals surface area contributed by atoms with Crippen molar-refractivity contribution in [3.8, 4) is 5.75 Å². The average molecular weight is 247 g/mol. The first-order valence-corrected chi connectivity index (χ1v) is 6.93. The Hall–Kier alpha value is -1.18. The molecule has 1 fully saturated rings. The van der Waals surface area contributed by atoms with Crippen molar-refractivity contribution in [2.24, 2.45) is 11.3 Å². The van der Waals surface area contributed by atoms with Gasteiger partial charge in [0.25, 0.3) is 0 Å². The Balaban J connectivity index is 2.03. The van der Waals surface area contributed by atoms with Crippen LogP contribution in [0.25, 0.3) is 0 Å². The Kier molecular flexibility index (Phi) is 3.56. The van der Waals surface area contributed by atoms with Crippen LogP contribution >= 0.6 is 0 Å². The second kappa shape index (κ2) is 4.83. The molecule has 0 radical (unpaired) electrons. The molecule has 0 saturated heterocycles. The van der Waals surface area contributed by atoms with Crippen molar-refractivity contribution in [2.45, 2.75) is 53.0 Å². The molecule has 2 atom stereocenters. The first-order valence-electron chi connectivity index (χ1n) is 6.93. The first kappa shape index (κ1) is 13.3. The molecule has 100 valence electrons. The van der Waals surface area contributed by atoms with Crippen LogP contribution in [0.1, 0.15) is 45.6 Å². The summed E-state index contributed by atoms with van der Waals surface area (Å²) in [5.74, 6) is 1.07. The van der Waals surface area contributed by atoms with Crippen LogP contribution in [-0.2, 0) is 0 Å². The number of anilines is 1. The van der Waals surface area contributed by atoms with Crippen LogP contribution in [-0.4, -0.2) is 11.1 Å². The Morgan fingerprint density at radius 2 is 2.06 bits per heavy atom. The molecule has 1 aromatic rings. The van der Waals surface area contributed by atoms with Crippen molar-refractivity contribution in [1.29, 1.82) is 0 Å². The summed E-state index contributed by atoms with van der Waals surface area (Å²) in [7, 11) is 0. The minimum Gasteiger partial charge on any atom is -0.508 e. The van der Waals surface area contributed by atoms with Gasteiger partial charge in [-0.2, -0.15) is 0 Å². The molecule has 1 aliphatic carbocycles. The highest BCUT2D eigenvalue weighted by Gasteiger charge is 2.32. The van der Waals surface area contributed by atoms with E-state index >= 15 is 0 Å². The van der Waals surface area contributed by atoms with Gasteiger partial charge in [-0.05, 0) is 61.3 Å². The molecule has 2 unspecified atom stereocenters. The zero-order valence-electron chi connectivity index (χ0n) is 12.0. The molecule has 0 bridgehead atoms. The fourth-order valence-electron chi connectivity index (χ4n) is 3.12. The normalized spacial score (nSPS) is 26.9. The van der Waals surface area contributed by atoms with Crippen molar-refractivity contribution in [3.05, 3.63) is 23.8 Å². The van der Waals surface area contributed by atoms with Gasteiger partial charge in [-0.25, -0.2) is 0 Å². The van der Waals surface area contributed by atoms with Crippen molar-refractivity contribution in [1.82, 2.24) is 0 Å². The third kappa shape index (κ3) is 2.98. The Labute approximate surface area is 110 Å². The molecule has 1 saturated carbocycles. The summed E-state index contributed by atoms with van der Waals surface area (Å²) in [5.41, 5.74) is 2.55. The highest BCUT2D eigenvalue weighted by molar-refractivity contribution is 5.51. The minimum atomic E-state index is 0.373. The van der Waals surface area contributed by atoms with Gasteiger partial charge in [-0.3, -0.25) is 0 Å². The Morgan fingerprint density at radius 1 is 1.33 bits per heavy atom. The summed E-state index contributed by atoms with van der Waals surface area (Å²) in [5, 5.41) is 13.2. The number of rotatable bonds is 2. The van der Waals surface area contributed by atoms with E-state index in [1.807, 2.05) is 19.1 Å². The number of aryl methyl sites for hydroxylation is 1. The maximum Gasteiger partial charge on any atom is 0.118 e. The lowest BCUT2D eigenvalue weighted by atomic mass is 9.70. The van der Waals surface area contributed by atoms with Crippen LogP contribution in [0.4, 0.5) is 5.69 Å². The summed E-state index contributed by atoms with van der Waals surface area (Å²) in [6.45, 7) is 9.01. The van der Waals surface area contributed by atoms with Crippen molar-refractivity contribution in [3.63, 3.8) is 0 Å². The average Bonchev–Trinajstić information content (AvgIpc) is 2.27. The Bertz CT molecular complexity index is 425. The topological polar surface area (TPSA) is 32.3 Å². The maximum atomic E-state index is 9.54. The molecule has 2 heteroatoms. The van der Waals surface area contributed by atoms with Crippen LogP contribution in [0.5, 0.6) is 5.75 Å². The largest absolute Gasteiger partial charge is 0.508 e. The van der Waals surface area contributed by atoms with E-state index in [9.17, 15) is 5.11 Å². The zero-order chi connectivity index (χ0) is 13.3. The number of benzene rings is 1. The van der Waals surface area contributed by atoms with E-state index in [0.29, 0.717) is 23.1 Å². The molecule has 0 heterocycles. The molecule has 0 aliphatic heterocycles. The van der Waals surface area contributed by atoms with E-state index in [1.165, 1.54) is 19.3 Å². The minimum absolute atomic E-state index is 0.373.